The molecule has 1 atom stereocenters. The Morgan fingerprint density at radius 3 is 2.32 bits per heavy atom. The van der Waals surface area contributed by atoms with E-state index in [1.807, 2.05) is 37.3 Å². The van der Waals surface area contributed by atoms with Crippen LogP contribution in [0.4, 0.5) is 24.5 Å². The Hall–Kier alpha value is -3.10. The molecule has 1 saturated heterocycles. The van der Waals surface area contributed by atoms with Gasteiger partial charge in [-0.1, -0.05) is 30.3 Å². The predicted molar refractivity (Wildman–Crippen MR) is 111 cm³/mol. The molecule has 0 aliphatic carbocycles. The lowest BCUT2D eigenvalue weighted by atomic mass is 9.93. The first kappa shape index (κ1) is 22.6. The highest BCUT2D eigenvalue weighted by Gasteiger charge is 2.35. The summed E-state index contributed by atoms with van der Waals surface area (Å²) in [5, 5.41) is 11.4. The van der Waals surface area contributed by atoms with Crippen LogP contribution in [0.2, 0.25) is 0 Å². The fourth-order valence-corrected chi connectivity index (χ4v) is 3.91. The summed E-state index contributed by atoms with van der Waals surface area (Å²) in [6.07, 6.45) is -3.70. The first-order valence-corrected chi connectivity index (χ1v) is 10.0. The molecule has 6 nitrogen and oxygen atoms in total. The van der Waals surface area contributed by atoms with Crippen molar-refractivity contribution in [3.8, 4) is 0 Å². The molecule has 1 fully saturated rings. The lowest BCUT2D eigenvalue weighted by Crippen LogP contribution is -2.42. The van der Waals surface area contributed by atoms with Gasteiger partial charge in [0.15, 0.2) is 0 Å². The second-order valence-electron chi connectivity index (χ2n) is 7.76. The summed E-state index contributed by atoms with van der Waals surface area (Å²) < 4.78 is 38.8. The molecule has 1 aliphatic rings. The van der Waals surface area contributed by atoms with Crippen LogP contribution in [0.15, 0.2) is 48.5 Å². The number of anilines is 1. The van der Waals surface area contributed by atoms with E-state index in [1.54, 1.807) is 16.8 Å². The SMILES string of the molecule is CC(c1ccccc1)N(C)C(=O)C1CCN(c2ccc(C(F)(F)F)cc2[N+](=O)[O-])CC1. The maximum absolute atomic E-state index is 13.0. The number of nitro benzene ring substituents is 1. The van der Waals surface area contributed by atoms with Crippen molar-refractivity contribution in [1.82, 2.24) is 4.90 Å². The van der Waals surface area contributed by atoms with Crippen molar-refractivity contribution in [3.63, 3.8) is 0 Å². The second-order valence-corrected chi connectivity index (χ2v) is 7.76. The Morgan fingerprint density at radius 1 is 1.16 bits per heavy atom. The average Bonchev–Trinajstić information content (AvgIpc) is 2.77. The summed E-state index contributed by atoms with van der Waals surface area (Å²) in [4.78, 5) is 26.9. The minimum Gasteiger partial charge on any atom is -0.366 e. The molecule has 0 radical (unpaired) electrons. The Kier molecular flexibility index (Phi) is 6.52. The standard InChI is InChI=1S/C22H24F3N3O3/c1-15(16-6-4-3-5-7-16)26(2)21(29)17-10-12-27(13-11-17)19-9-8-18(22(23,24)25)14-20(19)28(30)31/h3-9,14-15,17H,10-13H2,1-2H3. The van der Waals surface area contributed by atoms with E-state index in [1.165, 1.54) is 0 Å². The van der Waals surface area contributed by atoms with Crippen molar-refractivity contribution >= 4 is 17.3 Å². The van der Waals surface area contributed by atoms with Gasteiger partial charge in [0.2, 0.25) is 5.91 Å². The molecule has 2 aromatic carbocycles. The van der Waals surface area contributed by atoms with Crippen LogP contribution in [0.25, 0.3) is 0 Å². The summed E-state index contributed by atoms with van der Waals surface area (Å²) in [6.45, 7) is 2.67. The van der Waals surface area contributed by atoms with Gasteiger partial charge in [0.05, 0.1) is 16.5 Å². The normalized spacial score (nSPS) is 16.1. The van der Waals surface area contributed by atoms with Gasteiger partial charge in [-0.2, -0.15) is 13.2 Å². The molecule has 1 amide bonds. The summed E-state index contributed by atoms with van der Waals surface area (Å²) in [7, 11) is 1.76. The van der Waals surface area contributed by atoms with E-state index in [2.05, 4.69) is 0 Å². The van der Waals surface area contributed by atoms with Gasteiger partial charge in [0.25, 0.3) is 5.69 Å². The third-order valence-corrected chi connectivity index (χ3v) is 5.89. The zero-order valence-electron chi connectivity index (χ0n) is 17.3. The molecular formula is C22H24F3N3O3. The Labute approximate surface area is 178 Å². The van der Waals surface area contributed by atoms with E-state index in [0.717, 1.165) is 17.7 Å². The summed E-state index contributed by atoms with van der Waals surface area (Å²) >= 11 is 0. The molecule has 3 rings (SSSR count). The fourth-order valence-electron chi connectivity index (χ4n) is 3.91. The zero-order valence-corrected chi connectivity index (χ0v) is 17.3. The number of nitro groups is 1. The number of carbonyl (C=O) groups is 1. The van der Waals surface area contributed by atoms with Crippen molar-refractivity contribution in [3.05, 3.63) is 69.8 Å². The largest absolute Gasteiger partial charge is 0.416 e. The molecule has 1 unspecified atom stereocenters. The van der Waals surface area contributed by atoms with Gasteiger partial charge in [-0.25, -0.2) is 0 Å². The van der Waals surface area contributed by atoms with Crippen LogP contribution in [-0.4, -0.2) is 35.9 Å². The quantitative estimate of drug-likeness (QED) is 0.487. The Morgan fingerprint density at radius 2 is 1.77 bits per heavy atom. The van der Waals surface area contributed by atoms with Crippen LogP contribution in [0.1, 0.15) is 36.9 Å². The lowest BCUT2D eigenvalue weighted by molar-refractivity contribution is -0.384. The monoisotopic (exact) mass is 435 g/mol. The fraction of sp³-hybridized carbons (Fsp3) is 0.409. The lowest BCUT2D eigenvalue weighted by Gasteiger charge is -2.36. The molecule has 1 heterocycles. The summed E-state index contributed by atoms with van der Waals surface area (Å²) in [5.41, 5.74) is -0.454. The minimum atomic E-state index is -4.65. The van der Waals surface area contributed by atoms with Crippen LogP contribution in [0.3, 0.4) is 0 Å². The number of hydrogen-bond donors (Lipinski definition) is 0. The molecule has 0 bridgehead atoms. The van der Waals surface area contributed by atoms with E-state index in [9.17, 15) is 28.1 Å². The molecule has 9 heteroatoms. The van der Waals surface area contributed by atoms with E-state index in [4.69, 9.17) is 0 Å². The molecule has 31 heavy (non-hydrogen) atoms. The predicted octanol–water partition coefficient (Wildman–Crippen LogP) is 5.05. The van der Waals surface area contributed by atoms with Gasteiger partial charge in [-0.3, -0.25) is 14.9 Å². The smallest absolute Gasteiger partial charge is 0.366 e. The van der Waals surface area contributed by atoms with Crippen molar-refractivity contribution < 1.29 is 22.9 Å². The van der Waals surface area contributed by atoms with Crippen LogP contribution < -0.4 is 4.90 Å². The third kappa shape index (κ3) is 4.98. The van der Waals surface area contributed by atoms with Crippen LogP contribution >= 0.6 is 0 Å². The van der Waals surface area contributed by atoms with Gasteiger partial charge >= 0.3 is 6.18 Å². The second kappa shape index (κ2) is 8.95. The van der Waals surface area contributed by atoms with Crippen LogP contribution in [0, 0.1) is 16.0 Å². The highest BCUT2D eigenvalue weighted by Crippen LogP contribution is 2.38. The van der Waals surface area contributed by atoms with Crippen LogP contribution in [-0.2, 0) is 11.0 Å². The summed E-state index contributed by atoms with van der Waals surface area (Å²) in [6, 6.07) is 12.1. The Balaban J connectivity index is 1.69. The first-order valence-electron chi connectivity index (χ1n) is 10.0. The number of piperidine rings is 1. The molecule has 0 aromatic heterocycles. The summed E-state index contributed by atoms with van der Waals surface area (Å²) in [5.74, 6) is -0.237. The third-order valence-electron chi connectivity index (χ3n) is 5.89. The van der Waals surface area contributed by atoms with Crippen molar-refractivity contribution in [2.45, 2.75) is 32.0 Å². The van der Waals surface area contributed by atoms with Crippen molar-refractivity contribution in [2.24, 2.45) is 5.92 Å². The molecular weight excluding hydrogens is 411 g/mol. The van der Waals surface area contributed by atoms with E-state index in [-0.39, 0.29) is 23.6 Å². The number of halogens is 3. The number of carbonyl (C=O) groups excluding carboxylic acids is 1. The number of hydrogen-bond acceptors (Lipinski definition) is 4. The number of alkyl halides is 3. The number of rotatable bonds is 5. The highest BCUT2D eigenvalue weighted by molar-refractivity contribution is 5.79. The van der Waals surface area contributed by atoms with E-state index >= 15 is 0 Å². The number of amides is 1. The minimum absolute atomic E-state index is 0.00192. The Bertz CT molecular complexity index is 942. The van der Waals surface area contributed by atoms with Gasteiger partial charge in [-0.15, -0.1) is 0 Å². The molecule has 0 N–H and O–H groups in total. The molecule has 1 aliphatic heterocycles. The van der Waals surface area contributed by atoms with Crippen molar-refractivity contribution in [2.75, 3.05) is 25.0 Å². The number of nitrogens with zero attached hydrogens (tertiary/aromatic N) is 3. The molecule has 0 saturated carbocycles. The maximum Gasteiger partial charge on any atom is 0.416 e. The van der Waals surface area contributed by atoms with Gasteiger partial charge < -0.3 is 9.80 Å². The first-order chi connectivity index (χ1) is 14.6. The zero-order chi connectivity index (χ0) is 22.8. The molecule has 166 valence electrons. The number of benzene rings is 2. The van der Waals surface area contributed by atoms with Crippen molar-refractivity contribution in [1.29, 1.82) is 0 Å². The molecule has 0 spiro atoms. The molecule has 2 aromatic rings. The average molecular weight is 435 g/mol. The highest BCUT2D eigenvalue weighted by atomic mass is 19.4. The van der Waals surface area contributed by atoms with Gasteiger partial charge in [-0.05, 0) is 37.5 Å². The topological polar surface area (TPSA) is 66.7 Å². The maximum atomic E-state index is 13.0. The van der Waals surface area contributed by atoms with Gasteiger partial charge in [0.1, 0.15) is 5.69 Å². The van der Waals surface area contributed by atoms with Gasteiger partial charge in [0, 0.05) is 32.1 Å². The van der Waals surface area contributed by atoms with E-state index < -0.39 is 22.4 Å². The van der Waals surface area contributed by atoms with E-state index in [0.29, 0.717) is 32.0 Å². The van der Waals surface area contributed by atoms with Crippen LogP contribution in [0.5, 0.6) is 0 Å².